The molecule has 0 fully saturated rings. The molecule has 0 saturated carbocycles. The summed E-state index contributed by atoms with van der Waals surface area (Å²) in [4.78, 5) is 5.38. The minimum Gasteiger partial charge on any atom is -0.255 e. The lowest BCUT2D eigenvalue weighted by atomic mass is 10.1. The molecule has 0 aliphatic carbocycles. The van der Waals surface area contributed by atoms with Crippen LogP contribution in [-0.4, -0.2) is 39.7 Å². The molecule has 0 N–H and O–H groups in total. The van der Waals surface area contributed by atoms with E-state index in [0.29, 0.717) is 5.65 Å². The predicted octanol–water partition coefficient (Wildman–Crippen LogP) is 3.20. The first-order chi connectivity index (χ1) is 13.3. The van der Waals surface area contributed by atoms with Crippen LogP contribution in [0.1, 0.15) is 0 Å². The molecule has 0 radical (unpaired) electrons. The second kappa shape index (κ2) is 6.96. The van der Waals surface area contributed by atoms with Gasteiger partial charge in [0.05, 0.1) is 22.5 Å². The van der Waals surface area contributed by atoms with Crippen molar-refractivity contribution >= 4 is 26.3 Å². The third kappa shape index (κ3) is 3.48. The van der Waals surface area contributed by atoms with Gasteiger partial charge in [0, 0.05) is 39.3 Å². The lowest BCUT2D eigenvalue weighted by Crippen LogP contribution is -1.99. The Hall–Kier alpha value is -2.84. The van der Waals surface area contributed by atoms with Crippen molar-refractivity contribution in [3.05, 3.63) is 66.9 Å². The number of hydrogen-bond donors (Lipinski definition) is 0. The van der Waals surface area contributed by atoms with Crippen LogP contribution in [0.15, 0.2) is 76.7 Å². The number of rotatable bonds is 4. The molecule has 0 saturated heterocycles. The second-order valence-electron chi connectivity index (χ2n) is 6.41. The molecular formula is C20H17N3O3S2. The van der Waals surface area contributed by atoms with E-state index in [4.69, 9.17) is 5.10 Å². The maximum atomic E-state index is 11.8. The Morgan fingerprint density at radius 1 is 0.964 bits per heavy atom. The van der Waals surface area contributed by atoms with E-state index in [0.717, 1.165) is 27.4 Å². The summed E-state index contributed by atoms with van der Waals surface area (Å²) in [5.74, 6) is 0. The van der Waals surface area contributed by atoms with Gasteiger partial charge >= 0.3 is 0 Å². The van der Waals surface area contributed by atoms with Gasteiger partial charge in [-0.15, -0.1) is 0 Å². The SMILES string of the molecule is CS(=O)c1cccc(-c2ccc3ncc(-c4ccc(S(C)(=O)=O)cc4)n3n2)c1. The largest absolute Gasteiger partial charge is 0.255 e. The molecule has 6 nitrogen and oxygen atoms in total. The number of hydrogen-bond acceptors (Lipinski definition) is 5. The summed E-state index contributed by atoms with van der Waals surface area (Å²) in [6, 6.07) is 17.8. The Morgan fingerprint density at radius 2 is 1.71 bits per heavy atom. The van der Waals surface area contributed by atoms with Crippen molar-refractivity contribution in [3.63, 3.8) is 0 Å². The lowest BCUT2D eigenvalue weighted by molar-refractivity contribution is 0.602. The Labute approximate surface area is 165 Å². The Balaban J connectivity index is 1.81. The summed E-state index contributed by atoms with van der Waals surface area (Å²) >= 11 is 0. The molecule has 2 aromatic carbocycles. The first-order valence-electron chi connectivity index (χ1n) is 8.42. The summed E-state index contributed by atoms with van der Waals surface area (Å²) in [7, 11) is -4.32. The van der Waals surface area contributed by atoms with Crippen LogP contribution in [0, 0.1) is 0 Å². The number of fused-ring (bicyclic) bond motifs is 1. The predicted molar refractivity (Wildman–Crippen MR) is 109 cm³/mol. The molecular weight excluding hydrogens is 394 g/mol. The van der Waals surface area contributed by atoms with Gasteiger partial charge in [0.1, 0.15) is 0 Å². The van der Waals surface area contributed by atoms with Crippen LogP contribution in [-0.2, 0) is 20.6 Å². The molecule has 8 heteroatoms. The fraction of sp³-hybridized carbons (Fsp3) is 0.100. The summed E-state index contributed by atoms with van der Waals surface area (Å²) in [5.41, 5.74) is 3.84. The summed E-state index contributed by atoms with van der Waals surface area (Å²) < 4.78 is 36.8. The maximum absolute atomic E-state index is 11.8. The maximum Gasteiger partial charge on any atom is 0.175 e. The zero-order valence-corrected chi connectivity index (χ0v) is 16.9. The van der Waals surface area contributed by atoms with Crippen LogP contribution >= 0.6 is 0 Å². The van der Waals surface area contributed by atoms with Gasteiger partial charge < -0.3 is 0 Å². The van der Waals surface area contributed by atoms with Crippen LogP contribution in [0.25, 0.3) is 28.2 Å². The average molecular weight is 412 g/mol. The molecule has 28 heavy (non-hydrogen) atoms. The van der Waals surface area contributed by atoms with Gasteiger partial charge in [0.25, 0.3) is 0 Å². The van der Waals surface area contributed by atoms with Crippen LogP contribution in [0.5, 0.6) is 0 Å². The van der Waals surface area contributed by atoms with Crippen molar-refractivity contribution in [1.82, 2.24) is 14.6 Å². The smallest absolute Gasteiger partial charge is 0.175 e. The zero-order valence-electron chi connectivity index (χ0n) is 15.2. The van der Waals surface area contributed by atoms with Crippen molar-refractivity contribution in [2.45, 2.75) is 9.79 Å². The molecule has 142 valence electrons. The number of benzene rings is 2. The standard InChI is InChI=1S/C20H17N3O3S2/c1-27(24)16-5-3-4-15(12-16)18-10-11-20-21-13-19(23(20)22-18)14-6-8-17(9-7-14)28(2,25)26/h3-13H,1-2H3. The van der Waals surface area contributed by atoms with E-state index in [-0.39, 0.29) is 4.90 Å². The third-order valence-electron chi connectivity index (χ3n) is 4.40. The molecule has 0 aliphatic heterocycles. The van der Waals surface area contributed by atoms with E-state index >= 15 is 0 Å². The van der Waals surface area contributed by atoms with Crippen LogP contribution in [0.3, 0.4) is 0 Å². The highest BCUT2D eigenvalue weighted by atomic mass is 32.2. The molecule has 2 heterocycles. The molecule has 0 aliphatic rings. The van der Waals surface area contributed by atoms with E-state index in [9.17, 15) is 12.6 Å². The Morgan fingerprint density at radius 3 is 2.39 bits per heavy atom. The second-order valence-corrected chi connectivity index (χ2v) is 9.81. The van der Waals surface area contributed by atoms with Crippen molar-refractivity contribution in [2.24, 2.45) is 0 Å². The monoisotopic (exact) mass is 411 g/mol. The van der Waals surface area contributed by atoms with E-state index in [1.54, 1.807) is 41.2 Å². The molecule has 0 amide bonds. The Bertz CT molecular complexity index is 1310. The number of sulfone groups is 1. The molecule has 0 spiro atoms. The van der Waals surface area contributed by atoms with E-state index in [1.165, 1.54) is 6.26 Å². The van der Waals surface area contributed by atoms with E-state index in [1.807, 2.05) is 36.4 Å². The topological polar surface area (TPSA) is 81.4 Å². The van der Waals surface area contributed by atoms with Gasteiger partial charge in [-0.25, -0.2) is 17.9 Å². The van der Waals surface area contributed by atoms with Crippen molar-refractivity contribution in [2.75, 3.05) is 12.5 Å². The van der Waals surface area contributed by atoms with E-state index < -0.39 is 20.6 Å². The fourth-order valence-electron chi connectivity index (χ4n) is 2.93. The third-order valence-corrected chi connectivity index (χ3v) is 6.45. The van der Waals surface area contributed by atoms with Crippen LogP contribution in [0.4, 0.5) is 0 Å². The average Bonchev–Trinajstić information content (AvgIpc) is 3.10. The molecule has 2 aromatic heterocycles. The summed E-state index contributed by atoms with van der Waals surface area (Å²) in [6.45, 7) is 0. The van der Waals surface area contributed by atoms with Crippen LogP contribution < -0.4 is 0 Å². The van der Waals surface area contributed by atoms with E-state index in [2.05, 4.69) is 4.98 Å². The van der Waals surface area contributed by atoms with Gasteiger partial charge in [-0.1, -0.05) is 24.3 Å². The summed E-state index contributed by atoms with van der Waals surface area (Å²) in [5, 5.41) is 4.69. The van der Waals surface area contributed by atoms with Crippen molar-refractivity contribution in [3.8, 4) is 22.5 Å². The minimum absolute atomic E-state index is 0.267. The number of aromatic nitrogens is 3. The fourth-order valence-corrected chi connectivity index (χ4v) is 4.12. The van der Waals surface area contributed by atoms with Gasteiger partial charge in [-0.2, -0.15) is 5.10 Å². The highest BCUT2D eigenvalue weighted by Crippen LogP contribution is 2.25. The zero-order chi connectivity index (χ0) is 19.9. The first kappa shape index (κ1) is 18.5. The van der Waals surface area contributed by atoms with Gasteiger partial charge in [-0.3, -0.25) is 4.21 Å². The highest BCUT2D eigenvalue weighted by Gasteiger charge is 2.12. The lowest BCUT2D eigenvalue weighted by Gasteiger charge is -2.06. The molecule has 4 rings (SSSR count). The Kier molecular flexibility index (Phi) is 4.60. The van der Waals surface area contributed by atoms with Crippen molar-refractivity contribution in [1.29, 1.82) is 0 Å². The molecule has 0 bridgehead atoms. The summed E-state index contributed by atoms with van der Waals surface area (Å²) in [6.07, 6.45) is 4.53. The quantitative estimate of drug-likeness (QED) is 0.515. The molecule has 1 unspecified atom stereocenters. The normalized spacial score (nSPS) is 12.9. The number of imidazole rings is 1. The number of nitrogens with zero attached hydrogens (tertiary/aromatic N) is 3. The minimum atomic E-state index is -3.25. The van der Waals surface area contributed by atoms with Gasteiger partial charge in [0.2, 0.25) is 0 Å². The first-order valence-corrected chi connectivity index (χ1v) is 11.9. The molecule has 1 atom stereocenters. The van der Waals surface area contributed by atoms with Gasteiger partial charge in [-0.05, 0) is 36.4 Å². The van der Waals surface area contributed by atoms with Crippen LogP contribution in [0.2, 0.25) is 0 Å². The van der Waals surface area contributed by atoms with Gasteiger partial charge in [0.15, 0.2) is 15.5 Å². The highest BCUT2D eigenvalue weighted by molar-refractivity contribution is 7.90. The van der Waals surface area contributed by atoms with Crippen molar-refractivity contribution < 1.29 is 12.6 Å². The molecule has 4 aromatic rings.